The minimum absolute atomic E-state index is 0.176. The van der Waals surface area contributed by atoms with Crippen molar-refractivity contribution >= 4 is 63.7 Å². The molecule has 5 rings (SSSR count). The number of rotatable bonds is 14. The molecule has 0 spiro atoms. The summed E-state index contributed by atoms with van der Waals surface area (Å²) in [4.78, 5) is 58.8. The zero-order valence-corrected chi connectivity index (χ0v) is 28.2. The highest BCUT2D eigenvalue weighted by Gasteiger charge is 2.54. The van der Waals surface area contributed by atoms with E-state index in [0.29, 0.717) is 45.3 Å². The number of hydrogen-bond donors (Lipinski definition) is 3. The Morgan fingerprint density at radius 3 is 2.51 bits per heavy atom. The minimum Gasteiger partial charge on any atom is -0.488 e. The summed E-state index contributed by atoms with van der Waals surface area (Å²) < 4.78 is 21.5. The highest BCUT2D eigenvalue weighted by molar-refractivity contribution is 8.00. The lowest BCUT2D eigenvalue weighted by molar-refractivity contribution is -0.151. The van der Waals surface area contributed by atoms with E-state index < -0.39 is 34.8 Å². The number of hydrogen-bond acceptors (Lipinski definition) is 10. The number of fused-ring (bicyclic) bond motifs is 2. The lowest BCUT2D eigenvalue weighted by Crippen LogP contribution is -2.70. The van der Waals surface area contributed by atoms with Gasteiger partial charge < -0.3 is 34.4 Å². The first kappa shape index (κ1) is 36.2. The summed E-state index contributed by atoms with van der Waals surface area (Å²) in [6.45, 7) is 4.88. The number of carbonyl (C=O) groups is 3. The molecule has 2 aliphatic heterocycles. The molecular weight excluding hydrogens is 675 g/mol. The van der Waals surface area contributed by atoms with E-state index in [-0.39, 0.29) is 49.5 Å². The zero-order valence-electron chi connectivity index (χ0n) is 25.8. The van der Waals surface area contributed by atoms with Gasteiger partial charge in [0.2, 0.25) is 5.91 Å². The second-order valence-corrected chi connectivity index (χ2v) is 11.9. The maximum absolute atomic E-state index is 13.0. The van der Waals surface area contributed by atoms with Gasteiger partial charge in [-0.1, -0.05) is 37.0 Å². The number of H-pyrrole nitrogens is 1. The monoisotopic (exact) mass is 708 g/mol. The third-order valence-electron chi connectivity index (χ3n) is 6.87. The van der Waals surface area contributed by atoms with E-state index in [9.17, 15) is 24.3 Å². The lowest BCUT2D eigenvalue weighted by atomic mass is 10.0. The number of carboxylic acids is 1. The van der Waals surface area contributed by atoms with Crippen LogP contribution in [0.1, 0.15) is 13.8 Å². The number of β-lactam (4-membered cyclic amide) rings is 1. The number of aromatic amines is 1. The Balaban J connectivity index is 0.00000245. The fraction of sp³-hybridized carbons (Fsp3) is 0.387. The number of carbonyl (C=O) groups excluding carboxylic acids is 2. The number of nitrogens with one attached hydrogen (secondary N) is 2. The highest BCUT2D eigenvalue weighted by atomic mass is 35.5. The number of nitrogens with zero attached hydrogens (tertiary/aromatic N) is 2. The van der Waals surface area contributed by atoms with Gasteiger partial charge in [0.25, 0.3) is 11.5 Å². The molecule has 3 N–H and O–H groups in total. The summed E-state index contributed by atoms with van der Waals surface area (Å²) in [5, 5.41) is 13.1. The molecule has 0 radical (unpaired) electrons. The Morgan fingerprint density at radius 1 is 1.06 bits per heavy atom. The topological polar surface area (TPSA) is 169 Å². The fourth-order valence-electron chi connectivity index (χ4n) is 4.75. The maximum Gasteiger partial charge on any atom is 0.352 e. The highest BCUT2D eigenvalue weighted by Crippen LogP contribution is 2.41. The molecule has 47 heavy (non-hydrogen) atoms. The van der Waals surface area contributed by atoms with E-state index in [1.165, 1.54) is 17.8 Å². The van der Waals surface area contributed by atoms with Crippen molar-refractivity contribution in [2.75, 3.05) is 52.5 Å². The average molecular weight is 710 g/mol. The van der Waals surface area contributed by atoms with Crippen molar-refractivity contribution in [2.45, 2.75) is 25.3 Å². The summed E-state index contributed by atoms with van der Waals surface area (Å²) in [6, 6.07) is 8.59. The molecule has 1 saturated heterocycles. The minimum atomic E-state index is -1.30. The number of aliphatic carboxylic acids is 1. The predicted molar refractivity (Wildman–Crippen MR) is 178 cm³/mol. The number of thioether (sulfide) groups is 1. The molecule has 1 fully saturated rings. The van der Waals surface area contributed by atoms with Gasteiger partial charge in [-0.25, -0.2) is 9.78 Å². The van der Waals surface area contributed by atoms with E-state index in [1.54, 1.807) is 37.4 Å². The molecule has 16 heteroatoms. The standard InChI is InChI=1S/C29H28Cl2N4O9S.C2H6/c1-41-6-7-42-8-9-43-13-22(36)33-23-27(38)35-24(29(39)40)15(14-45-28(23)35)12-44-21-5-3-17(31)11-19(21)25-32-20-4-2-16(30)10-18(20)26(37)34-25;1-2/h2-5,10-11,23,28H,6-9,12-14H2,1H3,(H,33,36)(H,39,40)(H,32,34,37);1-2H3/t23-,28?;/m1./s1. The van der Waals surface area contributed by atoms with Crippen LogP contribution >= 0.6 is 35.0 Å². The summed E-state index contributed by atoms with van der Waals surface area (Å²) in [5.41, 5.74) is 0.524. The molecule has 2 atom stereocenters. The van der Waals surface area contributed by atoms with Crippen LogP contribution < -0.4 is 15.6 Å². The van der Waals surface area contributed by atoms with Crippen LogP contribution in [0.25, 0.3) is 22.3 Å². The first-order valence-corrected chi connectivity index (χ1v) is 16.4. The molecule has 252 valence electrons. The van der Waals surface area contributed by atoms with Crippen LogP contribution in [0.5, 0.6) is 5.75 Å². The number of amides is 2. The summed E-state index contributed by atoms with van der Waals surface area (Å²) in [5.74, 6) is -1.65. The van der Waals surface area contributed by atoms with E-state index in [4.69, 9.17) is 42.1 Å². The quantitative estimate of drug-likeness (QED) is 0.165. The van der Waals surface area contributed by atoms with Crippen molar-refractivity contribution in [1.82, 2.24) is 20.2 Å². The molecule has 1 aromatic heterocycles. The van der Waals surface area contributed by atoms with Gasteiger partial charge in [0, 0.05) is 28.5 Å². The van der Waals surface area contributed by atoms with E-state index in [2.05, 4.69) is 15.3 Å². The van der Waals surface area contributed by atoms with Gasteiger partial charge in [-0.15, -0.1) is 11.8 Å². The lowest BCUT2D eigenvalue weighted by Gasteiger charge is -2.49. The molecule has 0 bridgehead atoms. The van der Waals surface area contributed by atoms with Crippen molar-refractivity contribution in [1.29, 1.82) is 0 Å². The first-order valence-electron chi connectivity index (χ1n) is 14.6. The van der Waals surface area contributed by atoms with E-state index in [1.807, 2.05) is 13.8 Å². The average Bonchev–Trinajstić information content (AvgIpc) is 3.06. The predicted octanol–water partition coefficient (Wildman–Crippen LogP) is 3.72. The SMILES string of the molecule is CC.COCCOCCOCC(=O)N[C@@H]1C(=O)N2C(C(=O)O)=C(COc3ccc(Cl)cc3-c3nc4ccc(Cl)cc4c(=O)[nH]3)CSC12. The number of benzene rings is 2. The van der Waals surface area contributed by atoms with Gasteiger partial charge in [0.1, 0.15) is 41.9 Å². The van der Waals surface area contributed by atoms with Crippen LogP contribution in [0.3, 0.4) is 0 Å². The summed E-state index contributed by atoms with van der Waals surface area (Å²) in [7, 11) is 1.56. The fourth-order valence-corrected chi connectivity index (χ4v) is 6.42. The van der Waals surface area contributed by atoms with Crippen LogP contribution in [-0.4, -0.2) is 102 Å². The largest absolute Gasteiger partial charge is 0.488 e. The molecule has 3 aromatic rings. The van der Waals surface area contributed by atoms with Crippen molar-refractivity contribution < 1.29 is 38.4 Å². The molecule has 2 amide bonds. The molecule has 2 aromatic carbocycles. The van der Waals surface area contributed by atoms with Crippen molar-refractivity contribution in [2.24, 2.45) is 0 Å². The van der Waals surface area contributed by atoms with Crippen molar-refractivity contribution in [3.05, 3.63) is 68.1 Å². The molecule has 3 heterocycles. The Labute approximate surface area is 284 Å². The van der Waals surface area contributed by atoms with Gasteiger partial charge in [0.05, 0.1) is 42.9 Å². The van der Waals surface area contributed by atoms with Gasteiger partial charge in [-0.05, 0) is 36.4 Å². The second kappa shape index (κ2) is 16.9. The van der Waals surface area contributed by atoms with Crippen LogP contribution in [0.15, 0.2) is 52.5 Å². The molecule has 0 aliphatic carbocycles. The Kier molecular flexibility index (Phi) is 13.0. The van der Waals surface area contributed by atoms with Gasteiger partial charge >= 0.3 is 5.97 Å². The van der Waals surface area contributed by atoms with Crippen LogP contribution in [0.2, 0.25) is 10.0 Å². The summed E-state index contributed by atoms with van der Waals surface area (Å²) >= 11 is 13.6. The number of aromatic nitrogens is 2. The number of ether oxygens (including phenoxy) is 4. The van der Waals surface area contributed by atoms with E-state index in [0.717, 1.165) is 4.90 Å². The Bertz CT molecular complexity index is 1720. The van der Waals surface area contributed by atoms with Gasteiger partial charge in [0.15, 0.2) is 0 Å². The maximum atomic E-state index is 13.0. The van der Waals surface area contributed by atoms with Gasteiger partial charge in [-0.2, -0.15) is 0 Å². The normalized spacial score (nSPS) is 17.0. The molecule has 2 aliphatic rings. The third kappa shape index (κ3) is 8.63. The summed E-state index contributed by atoms with van der Waals surface area (Å²) in [6.07, 6.45) is 0. The van der Waals surface area contributed by atoms with Crippen LogP contribution in [-0.2, 0) is 28.6 Å². The molecule has 13 nitrogen and oxygen atoms in total. The molecule has 1 unspecified atom stereocenters. The Morgan fingerprint density at radius 2 is 1.77 bits per heavy atom. The van der Waals surface area contributed by atoms with Gasteiger partial charge in [-0.3, -0.25) is 19.3 Å². The van der Waals surface area contributed by atoms with E-state index >= 15 is 0 Å². The Hall–Kier alpha value is -3.66. The number of halogens is 2. The third-order valence-corrected chi connectivity index (χ3v) is 8.68. The van der Waals surface area contributed by atoms with Crippen LogP contribution in [0.4, 0.5) is 0 Å². The molecular formula is C31H34Cl2N4O9S. The number of methoxy groups -OCH3 is 1. The second-order valence-electron chi connectivity index (χ2n) is 9.88. The zero-order chi connectivity index (χ0) is 34.1. The number of carboxylic acid groups (broad SMARTS) is 1. The van der Waals surface area contributed by atoms with Crippen LogP contribution in [0, 0.1) is 0 Å². The molecule has 0 saturated carbocycles. The first-order chi connectivity index (χ1) is 22.7. The smallest absolute Gasteiger partial charge is 0.352 e. The van der Waals surface area contributed by atoms with Crippen molar-refractivity contribution in [3.8, 4) is 17.1 Å². The van der Waals surface area contributed by atoms with Crippen molar-refractivity contribution in [3.63, 3.8) is 0 Å².